The van der Waals surface area contributed by atoms with Gasteiger partial charge in [-0.05, 0) is 68.3 Å². The Hall–Kier alpha value is -3.72. The van der Waals surface area contributed by atoms with E-state index in [9.17, 15) is 19.2 Å². The van der Waals surface area contributed by atoms with Crippen molar-refractivity contribution in [2.75, 3.05) is 31.8 Å². The van der Waals surface area contributed by atoms with Crippen LogP contribution in [0, 0.1) is 0 Å². The molecular formula is C26H28N2O7. The molecule has 9 heteroatoms. The molecule has 0 radical (unpaired) electrons. The van der Waals surface area contributed by atoms with Gasteiger partial charge in [-0.15, -0.1) is 0 Å². The van der Waals surface area contributed by atoms with Crippen LogP contribution in [-0.4, -0.2) is 67.6 Å². The van der Waals surface area contributed by atoms with E-state index in [4.69, 9.17) is 14.2 Å². The first kappa shape index (κ1) is 24.4. The van der Waals surface area contributed by atoms with Crippen LogP contribution in [-0.2, 0) is 19.1 Å². The molecule has 2 fully saturated rings. The van der Waals surface area contributed by atoms with Crippen molar-refractivity contribution in [2.24, 2.45) is 0 Å². The van der Waals surface area contributed by atoms with E-state index in [1.165, 1.54) is 36.3 Å². The molecule has 0 aromatic heterocycles. The van der Waals surface area contributed by atoms with E-state index in [1.807, 2.05) is 0 Å². The Morgan fingerprint density at radius 3 is 2.34 bits per heavy atom. The Bertz CT molecular complexity index is 1090. The molecule has 35 heavy (non-hydrogen) atoms. The number of anilines is 1. The number of imide groups is 1. The third-order valence-corrected chi connectivity index (χ3v) is 6.16. The Kier molecular flexibility index (Phi) is 7.45. The molecular weight excluding hydrogens is 452 g/mol. The van der Waals surface area contributed by atoms with Gasteiger partial charge in [-0.3, -0.25) is 14.4 Å². The summed E-state index contributed by atoms with van der Waals surface area (Å²) in [6.07, 6.45) is 1.33. The van der Waals surface area contributed by atoms with Crippen LogP contribution in [0.15, 0.2) is 48.5 Å². The van der Waals surface area contributed by atoms with Crippen LogP contribution in [0.3, 0.4) is 0 Å². The number of benzene rings is 2. The molecule has 9 nitrogen and oxygen atoms in total. The molecule has 2 atom stereocenters. The number of amides is 3. The van der Waals surface area contributed by atoms with Crippen molar-refractivity contribution in [1.29, 1.82) is 0 Å². The van der Waals surface area contributed by atoms with Gasteiger partial charge >= 0.3 is 5.97 Å². The van der Waals surface area contributed by atoms with E-state index < -0.39 is 23.8 Å². The minimum Gasteiger partial charge on any atom is -0.497 e. The fourth-order valence-corrected chi connectivity index (χ4v) is 4.35. The first-order chi connectivity index (χ1) is 16.9. The molecule has 0 N–H and O–H groups in total. The Morgan fingerprint density at radius 2 is 1.74 bits per heavy atom. The quantitative estimate of drug-likeness (QED) is 0.423. The third kappa shape index (κ3) is 5.19. The number of nitrogens with zero attached hydrogens (tertiary/aromatic N) is 2. The van der Waals surface area contributed by atoms with Gasteiger partial charge in [-0.25, -0.2) is 9.69 Å². The fraction of sp³-hybridized carbons (Fsp3) is 0.385. The lowest BCUT2D eigenvalue weighted by Gasteiger charge is -2.30. The molecule has 2 saturated heterocycles. The van der Waals surface area contributed by atoms with Crippen LogP contribution < -0.4 is 9.64 Å². The highest BCUT2D eigenvalue weighted by Crippen LogP contribution is 2.29. The van der Waals surface area contributed by atoms with Crippen molar-refractivity contribution in [1.82, 2.24) is 4.90 Å². The molecule has 0 bridgehead atoms. The Labute approximate surface area is 203 Å². The van der Waals surface area contributed by atoms with Crippen molar-refractivity contribution in [2.45, 2.75) is 38.3 Å². The van der Waals surface area contributed by atoms with Crippen molar-refractivity contribution in [3.05, 3.63) is 59.7 Å². The minimum atomic E-state index is -0.953. The van der Waals surface area contributed by atoms with Gasteiger partial charge in [0.1, 0.15) is 11.8 Å². The van der Waals surface area contributed by atoms with Crippen LogP contribution in [0.5, 0.6) is 5.75 Å². The molecule has 2 aliphatic rings. The van der Waals surface area contributed by atoms with Gasteiger partial charge in [-0.2, -0.15) is 0 Å². The summed E-state index contributed by atoms with van der Waals surface area (Å²) >= 11 is 0. The predicted molar refractivity (Wildman–Crippen MR) is 126 cm³/mol. The van der Waals surface area contributed by atoms with E-state index in [2.05, 4.69) is 0 Å². The molecule has 184 valence electrons. The van der Waals surface area contributed by atoms with Gasteiger partial charge in [0.15, 0.2) is 0 Å². The van der Waals surface area contributed by atoms with Gasteiger partial charge in [-0.1, -0.05) is 0 Å². The zero-order valence-electron chi connectivity index (χ0n) is 19.8. The molecule has 0 spiro atoms. The average molecular weight is 481 g/mol. The van der Waals surface area contributed by atoms with Crippen molar-refractivity contribution < 1.29 is 33.4 Å². The molecule has 0 saturated carbocycles. The normalized spacial score (nSPS) is 19.7. The second-order valence-corrected chi connectivity index (χ2v) is 8.38. The van der Waals surface area contributed by atoms with Crippen LogP contribution in [0.2, 0.25) is 0 Å². The maximum absolute atomic E-state index is 13.5. The summed E-state index contributed by atoms with van der Waals surface area (Å²) in [7, 11) is 1.54. The zero-order valence-corrected chi connectivity index (χ0v) is 19.8. The summed E-state index contributed by atoms with van der Waals surface area (Å²) in [5, 5.41) is 0. The molecule has 4 rings (SSSR count). The van der Waals surface area contributed by atoms with Crippen LogP contribution in [0.1, 0.15) is 46.9 Å². The second-order valence-electron chi connectivity index (χ2n) is 8.38. The number of rotatable bonds is 8. The zero-order chi connectivity index (χ0) is 24.9. The van der Waals surface area contributed by atoms with E-state index in [0.717, 1.165) is 17.7 Å². The lowest BCUT2D eigenvalue weighted by molar-refractivity contribution is -0.122. The molecule has 2 aliphatic heterocycles. The minimum absolute atomic E-state index is 0.132. The van der Waals surface area contributed by atoms with Gasteiger partial charge in [0.2, 0.25) is 5.91 Å². The average Bonchev–Trinajstić information content (AvgIpc) is 3.49. The molecule has 2 aromatic carbocycles. The van der Waals surface area contributed by atoms with Crippen molar-refractivity contribution in [3.63, 3.8) is 0 Å². The summed E-state index contributed by atoms with van der Waals surface area (Å²) in [6, 6.07) is 11.7. The van der Waals surface area contributed by atoms with E-state index >= 15 is 0 Å². The topological polar surface area (TPSA) is 102 Å². The smallest absolute Gasteiger partial charge is 0.338 e. The molecule has 2 aromatic rings. The molecule has 2 unspecified atom stereocenters. The lowest BCUT2D eigenvalue weighted by Crippen LogP contribution is -2.48. The van der Waals surface area contributed by atoms with Gasteiger partial charge < -0.3 is 19.1 Å². The number of carbonyl (C=O) groups excluding carboxylic acids is 4. The highest BCUT2D eigenvalue weighted by molar-refractivity contribution is 6.23. The molecule has 0 aliphatic carbocycles. The summed E-state index contributed by atoms with van der Waals surface area (Å²) < 4.78 is 15.9. The summed E-state index contributed by atoms with van der Waals surface area (Å²) in [5.41, 5.74) is 1.05. The maximum Gasteiger partial charge on any atom is 0.338 e. The van der Waals surface area contributed by atoms with Crippen molar-refractivity contribution in [3.8, 4) is 5.75 Å². The van der Waals surface area contributed by atoms with E-state index in [0.29, 0.717) is 29.2 Å². The first-order valence-electron chi connectivity index (χ1n) is 11.6. The lowest BCUT2D eigenvalue weighted by atomic mass is 10.1. The summed E-state index contributed by atoms with van der Waals surface area (Å²) in [5.74, 6) is -1.13. The molecule has 3 amide bonds. The Morgan fingerprint density at radius 1 is 1.06 bits per heavy atom. The van der Waals surface area contributed by atoms with E-state index in [-0.39, 0.29) is 31.6 Å². The fourth-order valence-electron chi connectivity index (χ4n) is 4.35. The third-order valence-electron chi connectivity index (χ3n) is 6.16. The van der Waals surface area contributed by atoms with E-state index in [1.54, 1.807) is 31.2 Å². The number of hydrogen-bond acceptors (Lipinski definition) is 7. The number of hydrogen-bond donors (Lipinski definition) is 0. The monoisotopic (exact) mass is 480 g/mol. The summed E-state index contributed by atoms with van der Waals surface area (Å²) in [4.78, 5) is 54.3. The highest BCUT2D eigenvalue weighted by atomic mass is 16.5. The number of carbonyl (C=O) groups is 4. The van der Waals surface area contributed by atoms with Gasteiger partial charge in [0.25, 0.3) is 11.8 Å². The maximum atomic E-state index is 13.5. The van der Waals surface area contributed by atoms with Crippen LogP contribution in [0.4, 0.5) is 5.69 Å². The van der Waals surface area contributed by atoms with Crippen molar-refractivity contribution >= 4 is 29.4 Å². The standard InChI is InChI=1S/C26H28N2O7/c1-3-34-26(32)18-6-10-19(11-7-18)28-23(29)15-22(25(28)31)27(16-21-5-4-14-35-21)24(30)17-8-12-20(33-2)13-9-17/h6-13,21-22H,3-5,14-16H2,1-2H3. The van der Waals surface area contributed by atoms with Crippen LogP contribution >= 0.6 is 0 Å². The number of esters is 1. The summed E-state index contributed by atoms with van der Waals surface area (Å²) in [6.45, 7) is 2.77. The largest absolute Gasteiger partial charge is 0.497 e. The second kappa shape index (κ2) is 10.7. The van der Waals surface area contributed by atoms with Gasteiger partial charge in [0.05, 0.1) is 37.5 Å². The number of ether oxygens (including phenoxy) is 3. The predicted octanol–water partition coefficient (Wildman–Crippen LogP) is 2.83. The molecule has 2 heterocycles. The van der Waals surface area contributed by atoms with Gasteiger partial charge in [0, 0.05) is 18.7 Å². The highest BCUT2D eigenvalue weighted by Gasteiger charge is 2.45. The number of methoxy groups -OCH3 is 1. The SMILES string of the molecule is CCOC(=O)c1ccc(N2C(=O)CC(N(CC3CCCO3)C(=O)c3ccc(OC)cc3)C2=O)cc1. The first-order valence-corrected chi connectivity index (χ1v) is 11.6. The Balaban J connectivity index is 1.58. The van der Waals surface area contributed by atoms with Crippen LogP contribution in [0.25, 0.3) is 0 Å².